The summed E-state index contributed by atoms with van der Waals surface area (Å²) in [5, 5.41) is 9.75. The van der Waals surface area contributed by atoms with Crippen LogP contribution in [0, 0.1) is 6.92 Å². The van der Waals surface area contributed by atoms with Gasteiger partial charge in [0.15, 0.2) is 6.10 Å². The van der Waals surface area contributed by atoms with E-state index in [1.54, 1.807) is 12.1 Å². The van der Waals surface area contributed by atoms with Gasteiger partial charge in [0.2, 0.25) is 0 Å². The zero-order chi connectivity index (χ0) is 12.3. The number of aryl methyl sites for hydroxylation is 1. The standard InChI is InChI=1S/C11H13BrO4/c1-6-4-7(10(13)11(14)16-3)9(12)8(5-6)15-2/h4-5,10,13H,1-3H3. The van der Waals surface area contributed by atoms with Crippen molar-refractivity contribution in [3.8, 4) is 5.75 Å². The fourth-order valence-corrected chi connectivity index (χ4v) is 1.96. The van der Waals surface area contributed by atoms with Crippen molar-refractivity contribution in [2.75, 3.05) is 14.2 Å². The molecule has 0 bridgehead atoms. The largest absolute Gasteiger partial charge is 0.496 e. The quantitative estimate of drug-likeness (QED) is 0.864. The summed E-state index contributed by atoms with van der Waals surface area (Å²) in [7, 11) is 2.75. The first-order valence-corrected chi connectivity index (χ1v) is 5.40. The summed E-state index contributed by atoms with van der Waals surface area (Å²) < 4.78 is 10.2. The molecule has 0 aromatic heterocycles. The maximum absolute atomic E-state index is 11.2. The third kappa shape index (κ3) is 2.54. The second-order valence-corrected chi connectivity index (χ2v) is 4.09. The summed E-state index contributed by atoms with van der Waals surface area (Å²) in [6.07, 6.45) is -1.31. The number of carbonyl (C=O) groups excluding carboxylic acids is 1. The number of aliphatic hydroxyl groups excluding tert-OH is 1. The van der Waals surface area contributed by atoms with Crippen molar-refractivity contribution in [3.05, 3.63) is 27.7 Å². The Morgan fingerprint density at radius 2 is 2.06 bits per heavy atom. The lowest BCUT2D eigenvalue weighted by atomic mass is 10.1. The van der Waals surface area contributed by atoms with E-state index < -0.39 is 12.1 Å². The molecular formula is C11H13BrO4. The zero-order valence-corrected chi connectivity index (χ0v) is 10.9. The molecule has 0 saturated heterocycles. The highest BCUT2D eigenvalue weighted by Gasteiger charge is 2.22. The summed E-state index contributed by atoms with van der Waals surface area (Å²) in [4.78, 5) is 11.2. The van der Waals surface area contributed by atoms with Crippen LogP contribution in [-0.4, -0.2) is 25.3 Å². The predicted octanol–water partition coefficient (Wildman–Crippen LogP) is 1.97. The van der Waals surface area contributed by atoms with Gasteiger partial charge in [-0.1, -0.05) is 6.07 Å². The monoisotopic (exact) mass is 288 g/mol. The van der Waals surface area contributed by atoms with Crippen molar-refractivity contribution < 1.29 is 19.4 Å². The van der Waals surface area contributed by atoms with Crippen LogP contribution in [0.4, 0.5) is 0 Å². The van der Waals surface area contributed by atoms with Gasteiger partial charge in [0.1, 0.15) is 5.75 Å². The number of halogens is 1. The van der Waals surface area contributed by atoms with Crippen LogP contribution >= 0.6 is 15.9 Å². The van der Waals surface area contributed by atoms with Crippen LogP contribution in [0.15, 0.2) is 16.6 Å². The van der Waals surface area contributed by atoms with Gasteiger partial charge in [-0.2, -0.15) is 0 Å². The minimum absolute atomic E-state index is 0.434. The molecule has 0 radical (unpaired) electrons. The van der Waals surface area contributed by atoms with E-state index in [9.17, 15) is 9.90 Å². The molecule has 1 aromatic carbocycles. The second-order valence-electron chi connectivity index (χ2n) is 3.30. The average molecular weight is 289 g/mol. The molecule has 0 spiro atoms. The summed E-state index contributed by atoms with van der Waals surface area (Å²) in [6.45, 7) is 1.85. The minimum Gasteiger partial charge on any atom is -0.496 e. The van der Waals surface area contributed by atoms with Crippen molar-refractivity contribution in [2.45, 2.75) is 13.0 Å². The Labute approximate surface area is 102 Å². The number of ether oxygens (including phenoxy) is 2. The smallest absolute Gasteiger partial charge is 0.339 e. The average Bonchev–Trinajstić information content (AvgIpc) is 2.29. The maximum Gasteiger partial charge on any atom is 0.339 e. The Bertz CT molecular complexity index is 403. The molecule has 0 aliphatic carbocycles. The lowest BCUT2D eigenvalue weighted by Crippen LogP contribution is -2.14. The molecule has 4 nitrogen and oxygen atoms in total. The van der Waals surface area contributed by atoms with Crippen LogP contribution in [0.25, 0.3) is 0 Å². The minimum atomic E-state index is -1.31. The van der Waals surface area contributed by atoms with E-state index in [1.165, 1.54) is 14.2 Å². The van der Waals surface area contributed by atoms with E-state index in [0.29, 0.717) is 15.8 Å². The third-order valence-electron chi connectivity index (χ3n) is 2.15. The van der Waals surface area contributed by atoms with Gasteiger partial charge in [0.25, 0.3) is 0 Å². The molecule has 0 amide bonds. The SMILES string of the molecule is COC(=O)C(O)c1cc(C)cc(OC)c1Br. The fourth-order valence-electron chi connectivity index (χ4n) is 1.35. The Balaban J connectivity index is 3.22. The summed E-state index contributed by atoms with van der Waals surface area (Å²) in [6, 6.07) is 3.51. The Hall–Kier alpha value is -1.07. The van der Waals surface area contributed by atoms with Gasteiger partial charge in [-0.25, -0.2) is 4.79 Å². The highest BCUT2D eigenvalue weighted by atomic mass is 79.9. The van der Waals surface area contributed by atoms with Gasteiger partial charge in [-0.3, -0.25) is 0 Å². The van der Waals surface area contributed by atoms with Crippen molar-refractivity contribution in [1.82, 2.24) is 0 Å². The van der Waals surface area contributed by atoms with Crippen LogP contribution in [0.5, 0.6) is 5.75 Å². The molecule has 1 unspecified atom stereocenters. The lowest BCUT2D eigenvalue weighted by molar-refractivity contribution is -0.150. The molecule has 88 valence electrons. The molecule has 1 atom stereocenters. The van der Waals surface area contributed by atoms with Crippen LogP contribution in [0.3, 0.4) is 0 Å². The molecule has 1 N–H and O–H groups in total. The number of benzene rings is 1. The molecule has 0 aliphatic rings. The number of carbonyl (C=O) groups is 1. The van der Waals surface area contributed by atoms with Gasteiger partial charge in [0.05, 0.1) is 18.7 Å². The number of esters is 1. The van der Waals surface area contributed by atoms with Crippen molar-refractivity contribution in [3.63, 3.8) is 0 Å². The van der Waals surface area contributed by atoms with E-state index in [0.717, 1.165) is 5.56 Å². The zero-order valence-electron chi connectivity index (χ0n) is 9.28. The normalized spacial score (nSPS) is 12.1. The lowest BCUT2D eigenvalue weighted by Gasteiger charge is -2.14. The van der Waals surface area contributed by atoms with Crippen molar-refractivity contribution >= 4 is 21.9 Å². The first-order valence-electron chi connectivity index (χ1n) is 4.61. The Morgan fingerprint density at radius 1 is 1.44 bits per heavy atom. The van der Waals surface area contributed by atoms with Crippen LogP contribution in [0.2, 0.25) is 0 Å². The summed E-state index contributed by atoms with van der Waals surface area (Å²) >= 11 is 3.28. The molecule has 5 heteroatoms. The molecule has 0 fully saturated rings. The third-order valence-corrected chi connectivity index (χ3v) is 3.00. The van der Waals surface area contributed by atoms with Crippen LogP contribution < -0.4 is 4.74 Å². The maximum atomic E-state index is 11.2. The Kier molecular flexibility index (Phi) is 4.32. The molecule has 0 aliphatic heterocycles. The second kappa shape index (κ2) is 5.32. The predicted molar refractivity (Wildman–Crippen MR) is 62.4 cm³/mol. The molecular weight excluding hydrogens is 276 g/mol. The van der Waals surface area contributed by atoms with E-state index in [2.05, 4.69) is 20.7 Å². The number of methoxy groups -OCH3 is 2. The van der Waals surface area contributed by atoms with E-state index in [4.69, 9.17) is 4.74 Å². The number of hydrogen-bond donors (Lipinski definition) is 1. The first-order chi connectivity index (χ1) is 7.51. The van der Waals surface area contributed by atoms with Crippen molar-refractivity contribution in [2.24, 2.45) is 0 Å². The van der Waals surface area contributed by atoms with Gasteiger partial charge in [0, 0.05) is 5.56 Å². The number of rotatable bonds is 3. The van der Waals surface area contributed by atoms with Gasteiger partial charge >= 0.3 is 5.97 Å². The van der Waals surface area contributed by atoms with E-state index >= 15 is 0 Å². The van der Waals surface area contributed by atoms with Crippen LogP contribution in [-0.2, 0) is 9.53 Å². The van der Waals surface area contributed by atoms with E-state index in [1.807, 2.05) is 6.92 Å². The van der Waals surface area contributed by atoms with Crippen molar-refractivity contribution in [1.29, 1.82) is 0 Å². The Morgan fingerprint density at radius 3 is 2.56 bits per heavy atom. The summed E-state index contributed by atoms with van der Waals surface area (Å²) in [5.41, 5.74) is 1.32. The molecule has 16 heavy (non-hydrogen) atoms. The topological polar surface area (TPSA) is 55.8 Å². The van der Waals surface area contributed by atoms with Crippen LogP contribution in [0.1, 0.15) is 17.2 Å². The molecule has 1 aromatic rings. The molecule has 0 heterocycles. The number of aliphatic hydroxyl groups is 1. The highest BCUT2D eigenvalue weighted by molar-refractivity contribution is 9.10. The summed E-state index contributed by atoms with van der Waals surface area (Å²) in [5.74, 6) is -0.133. The van der Waals surface area contributed by atoms with Gasteiger partial charge in [-0.15, -0.1) is 0 Å². The van der Waals surface area contributed by atoms with Gasteiger partial charge < -0.3 is 14.6 Å². The molecule has 1 rings (SSSR count). The van der Waals surface area contributed by atoms with Gasteiger partial charge in [-0.05, 0) is 34.5 Å². The number of hydrogen-bond acceptors (Lipinski definition) is 4. The molecule has 0 saturated carbocycles. The first kappa shape index (κ1) is 13.0. The van der Waals surface area contributed by atoms with E-state index in [-0.39, 0.29) is 0 Å². The fraction of sp³-hybridized carbons (Fsp3) is 0.364. The highest BCUT2D eigenvalue weighted by Crippen LogP contribution is 2.34.